The third-order valence-electron chi connectivity index (χ3n) is 6.75. The lowest BCUT2D eigenvalue weighted by Crippen LogP contribution is -2.28. The van der Waals surface area contributed by atoms with Crippen LogP contribution in [0, 0.1) is 17.8 Å². The van der Waals surface area contributed by atoms with Crippen LogP contribution in [0.3, 0.4) is 0 Å². The Labute approximate surface area is 199 Å². The molecule has 0 bridgehead atoms. The first-order valence-corrected chi connectivity index (χ1v) is 11.4. The fourth-order valence-electron chi connectivity index (χ4n) is 4.76. The number of ether oxygens (including phenoxy) is 6. The van der Waals surface area contributed by atoms with E-state index in [4.69, 9.17) is 28.4 Å². The van der Waals surface area contributed by atoms with Gasteiger partial charge < -0.3 is 33.5 Å². The molecule has 0 fully saturated rings. The van der Waals surface area contributed by atoms with E-state index in [1.807, 2.05) is 19.9 Å². The number of hydrogen-bond donors (Lipinski definition) is 1. The molecule has 0 saturated carbocycles. The van der Waals surface area contributed by atoms with Crippen molar-refractivity contribution in [3.63, 3.8) is 0 Å². The second-order valence-corrected chi connectivity index (χ2v) is 9.16. The van der Waals surface area contributed by atoms with Crippen molar-refractivity contribution >= 4 is 5.97 Å². The zero-order chi connectivity index (χ0) is 24.7. The van der Waals surface area contributed by atoms with E-state index in [9.17, 15) is 9.90 Å². The molecule has 4 rings (SSSR count). The summed E-state index contributed by atoms with van der Waals surface area (Å²) in [5.41, 5.74) is 2.95. The van der Waals surface area contributed by atoms with Crippen LogP contribution in [0.5, 0.6) is 34.5 Å². The molecule has 8 heteroatoms. The van der Waals surface area contributed by atoms with Gasteiger partial charge in [0.25, 0.3) is 0 Å². The number of phenols is 1. The maximum atomic E-state index is 12.8. The van der Waals surface area contributed by atoms with E-state index in [1.54, 1.807) is 13.2 Å². The van der Waals surface area contributed by atoms with Crippen molar-refractivity contribution < 1.29 is 38.3 Å². The minimum absolute atomic E-state index is 0.0115. The molecule has 0 aromatic heterocycles. The van der Waals surface area contributed by atoms with Crippen molar-refractivity contribution in [1.29, 1.82) is 0 Å². The molecular formula is C26H32O8. The van der Waals surface area contributed by atoms with Gasteiger partial charge in [0.15, 0.2) is 23.0 Å². The minimum Gasteiger partial charge on any atom is -0.504 e. The molecule has 1 aliphatic carbocycles. The Morgan fingerprint density at radius 1 is 1.00 bits per heavy atom. The summed E-state index contributed by atoms with van der Waals surface area (Å²) in [4.78, 5) is 12.8. The van der Waals surface area contributed by atoms with Gasteiger partial charge in [0.1, 0.15) is 6.10 Å². The highest BCUT2D eigenvalue weighted by molar-refractivity contribution is 5.89. The number of aromatic hydroxyl groups is 1. The van der Waals surface area contributed by atoms with E-state index in [0.29, 0.717) is 40.5 Å². The summed E-state index contributed by atoms with van der Waals surface area (Å²) in [5, 5.41) is 10.7. The molecule has 0 saturated heterocycles. The summed E-state index contributed by atoms with van der Waals surface area (Å²) < 4.78 is 34.7. The van der Waals surface area contributed by atoms with Gasteiger partial charge in [0.2, 0.25) is 18.3 Å². The van der Waals surface area contributed by atoms with Crippen molar-refractivity contribution in [1.82, 2.24) is 0 Å². The topological polar surface area (TPSA) is 92.7 Å². The molecule has 34 heavy (non-hydrogen) atoms. The van der Waals surface area contributed by atoms with E-state index in [1.165, 1.54) is 14.2 Å². The third-order valence-corrected chi connectivity index (χ3v) is 6.75. The Balaban J connectivity index is 2.12. The SMILES string of the molecule is COc1c(O)cc2c(c1OC)-c1c(cc3c(c1OC)OCO3)[C@H](OC(=O)C(C)C)[C@H](C)[C@H](C)C2. The van der Waals surface area contributed by atoms with Gasteiger partial charge in [-0.25, -0.2) is 0 Å². The van der Waals surface area contributed by atoms with Gasteiger partial charge in [0, 0.05) is 22.6 Å². The minimum atomic E-state index is -0.569. The molecule has 1 N–H and O–H groups in total. The number of phenolic OH excluding ortho intramolecular Hbond substituents is 1. The number of esters is 1. The van der Waals surface area contributed by atoms with Gasteiger partial charge in [-0.3, -0.25) is 4.79 Å². The van der Waals surface area contributed by atoms with Crippen LogP contribution in [-0.4, -0.2) is 39.2 Å². The number of fused-ring (bicyclic) bond motifs is 4. The smallest absolute Gasteiger partial charge is 0.308 e. The molecule has 0 unspecified atom stereocenters. The number of carbonyl (C=O) groups excluding carboxylic acids is 1. The number of benzene rings is 2. The van der Waals surface area contributed by atoms with E-state index in [-0.39, 0.29) is 42.0 Å². The monoisotopic (exact) mass is 472 g/mol. The van der Waals surface area contributed by atoms with Crippen LogP contribution in [-0.2, 0) is 16.0 Å². The second-order valence-electron chi connectivity index (χ2n) is 9.16. The summed E-state index contributed by atoms with van der Waals surface area (Å²) in [6.07, 6.45) is 0.0398. The normalized spacial score (nSPS) is 20.6. The maximum absolute atomic E-state index is 12.8. The standard InChI is InChI=1S/C26H32O8/c1-12(2)26(28)34-21-14(4)13(3)8-15-9-17(27)22(29-5)24(30-6)19(15)20-16(21)10-18-23(25(20)31-7)33-11-32-18/h9-10,12-14,21,27H,8,11H2,1-7H3/t13-,14-,21-/m1/s1. The molecule has 1 heterocycles. The van der Waals surface area contributed by atoms with Crippen molar-refractivity contribution in [3.05, 3.63) is 23.3 Å². The summed E-state index contributed by atoms with van der Waals surface area (Å²) in [7, 11) is 4.56. The van der Waals surface area contributed by atoms with Crippen LogP contribution in [0.4, 0.5) is 0 Å². The van der Waals surface area contributed by atoms with Crippen molar-refractivity contribution in [3.8, 4) is 45.6 Å². The van der Waals surface area contributed by atoms with Crippen molar-refractivity contribution in [2.24, 2.45) is 17.8 Å². The Morgan fingerprint density at radius 3 is 2.29 bits per heavy atom. The van der Waals surface area contributed by atoms with Gasteiger partial charge in [-0.05, 0) is 30.0 Å². The largest absolute Gasteiger partial charge is 0.504 e. The molecular weight excluding hydrogens is 440 g/mol. The lowest BCUT2D eigenvalue weighted by Gasteiger charge is -2.35. The highest BCUT2D eigenvalue weighted by atomic mass is 16.7. The molecule has 2 aliphatic rings. The van der Waals surface area contributed by atoms with Gasteiger partial charge in [-0.15, -0.1) is 0 Å². The first kappa shape index (κ1) is 23.9. The van der Waals surface area contributed by atoms with E-state index >= 15 is 0 Å². The lowest BCUT2D eigenvalue weighted by atomic mass is 9.75. The summed E-state index contributed by atoms with van der Waals surface area (Å²) in [5.74, 6) is 1.49. The zero-order valence-electron chi connectivity index (χ0n) is 20.7. The number of methoxy groups -OCH3 is 3. The highest BCUT2D eigenvalue weighted by Gasteiger charge is 2.40. The molecule has 0 amide bonds. The third kappa shape index (κ3) is 3.75. The molecule has 3 atom stereocenters. The van der Waals surface area contributed by atoms with E-state index < -0.39 is 6.10 Å². The predicted molar refractivity (Wildman–Crippen MR) is 125 cm³/mol. The Morgan fingerprint density at radius 2 is 1.68 bits per heavy atom. The average Bonchev–Trinajstić information content (AvgIpc) is 3.28. The molecule has 1 aliphatic heterocycles. The molecule has 2 aromatic carbocycles. The number of rotatable bonds is 5. The Bertz CT molecular complexity index is 1110. The maximum Gasteiger partial charge on any atom is 0.308 e. The quantitative estimate of drug-likeness (QED) is 0.616. The first-order chi connectivity index (χ1) is 16.2. The summed E-state index contributed by atoms with van der Waals surface area (Å²) in [6.45, 7) is 7.85. The number of hydrogen-bond acceptors (Lipinski definition) is 8. The van der Waals surface area contributed by atoms with Crippen LogP contribution >= 0.6 is 0 Å². The number of carbonyl (C=O) groups is 1. The van der Waals surface area contributed by atoms with Crippen molar-refractivity contribution in [2.45, 2.75) is 40.2 Å². The van der Waals surface area contributed by atoms with E-state index in [0.717, 1.165) is 11.1 Å². The Kier molecular flexibility index (Phi) is 6.43. The molecule has 0 spiro atoms. The molecule has 0 radical (unpaired) electrons. The van der Waals surface area contributed by atoms with Gasteiger partial charge in [-0.2, -0.15) is 0 Å². The van der Waals surface area contributed by atoms with Crippen LogP contribution in [0.15, 0.2) is 12.1 Å². The lowest BCUT2D eigenvalue weighted by molar-refractivity contribution is -0.157. The van der Waals surface area contributed by atoms with Gasteiger partial charge >= 0.3 is 5.97 Å². The average molecular weight is 473 g/mol. The van der Waals surface area contributed by atoms with Crippen LogP contribution in [0.2, 0.25) is 0 Å². The molecule has 2 aromatic rings. The van der Waals surface area contributed by atoms with Gasteiger partial charge in [-0.1, -0.05) is 27.7 Å². The van der Waals surface area contributed by atoms with Gasteiger partial charge in [0.05, 0.1) is 27.2 Å². The van der Waals surface area contributed by atoms with Crippen LogP contribution < -0.4 is 23.7 Å². The zero-order valence-corrected chi connectivity index (χ0v) is 20.7. The second kappa shape index (κ2) is 9.16. The van der Waals surface area contributed by atoms with Crippen LogP contribution in [0.1, 0.15) is 44.9 Å². The summed E-state index contributed by atoms with van der Waals surface area (Å²) >= 11 is 0. The van der Waals surface area contributed by atoms with Crippen LogP contribution in [0.25, 0.3) is 11.1 Å². The van der Waals surface area contributed by atoms with Crippen molar-refractivity contribution in [2.75, 3.05) is 28.1 Å². The first-order valence-electron chi connectivity index (χ1n) is 11.4. The predicted octanol–water partition coefficient (Wildman–Crippen LogP) is 4.88. The van der Waals surface area contributed by atoms with E-state index in [2.05, 4.69) is 13.8 Å². The molecule has 184 valence electrons. The molecule has 8 nitrogen and oxygen atoms in total. The summed E-state index contributed by atoms with van der Waals surface area (Å²) in [6, 6.07) is 3.56. The fraction of sp³-hybridized carbons (Fsp3) is 0.500. The highest BCUT2D eigenvalue weighted by Crippen LogP contribution is 2.58. The fourth-order valence-corrected chi connectivity index (χ4v) is 4.76. The Hall–Kier alpha value is -3.29.